The summed E-state index contributed by atoms with van der Waals surface area (Å²) in [5, 5.41) is 26.4. The summed E-state index contributed by atoms with van der Waals surface area (Å²) in [4.78, 5) is 57.7. The molecule has 64 heavy (non-hydrogen) atoms. The Morgan fingerprint density at radius 1 is 0.375 bits per heavy atom. The summed E-state index contributed by atoms with van der Waals surface area (Å²) in [6.45, 7) is 7.89. The van der Waals surface area contributed by atoms with E-state index in [0.29, 0.717) is 142 Å². The van der Waals surface area contributed by atoms with Gasteiger partial charge in [0.05, 0.1) is 110 Å². The Hall–Kier alpha value is -2.24. The number of rotatable bonds is 52. The number of aliphatic carboxylic acids is 2. The lowest BCUT2D eigenvalue weighted by molar-refractivity contribution is -0.142. The predicted molar refractivity (Wildman–Crippen MR) is 251 cm³/mol. The van der Waals surface area contributed by atoms with E-state index in [2.05, 4.69) is 16.0 Å². The van der Waals surface area contributed by atoms with Gasteiger partial charge in [-0.1, -0.05) is 99.6 Å². The molecule has 0 fully saturated rings. The first-order chi connectivity index (χ1) is 31.3. The first-order valence-corrected chi connectivity index (χ1v) is 25.2. The molecule has 0 aromatic heterocycles. The molecule has 5 N–H and O–H groups in total. The van der Waals surface area contributed by atoms with E-state index in [1.807, 2.05) is 22.6 Å². The van der Waals surface area contributed by atoms with E-state index in [9.17, 15) is 29.1 Å². The van der Waals surface area contributed by atoms with E-state index in [0.717, 1.165) is 44.9 Å². The number of carboxylic acid groups (broad SMARTS) is 2. The van der Waals surface area contributed by atoms with Gasteiger partial charge >= 0.3 is 11.9 Å². The van der Waals surface area contributed by atoms with Crippen molar-refractivity contribution in [1.82, 2.24) is 16.0 Å². The van der Waals surface area contributed by atoms with Gasteiger partial charge in [0.25, 0.3) is 0 Å². The number of halogens is 1. The minimum absolute atomic E-state index is 0.000418. The normalized spacial score (nSPS) is 11.7. The molecule has 0 aromatic rings. The third-order valence-corrected chi connectivity index (χ3v) is 10.4. The van der Waals surface area contributed by atoms with Gasteiger partial charge in [0.1, 0.15) is 6.04 Å². The highest BCUT2D eigenvalue weighted by Crippen LogP contribution is 2.14. The van der Waals surface area contributed by atoms with Gasteiger partial charge in [-0.15, -0.1) is 0 Å². The van der Waals surface area contributed by atoms with Crippen LogP contribution < -0.4 is 16.0 Å². The van der Waals surface area contributed by atoms with Gasteiger partial charge in [-0.3, -0.25) is 19.2 Å². The Kier molecular flexibility index (Phi) is 48.4. The Bertz CT molecular complexity index is 1110. The molecule has 18 nitrogen and oxygen atoms in total. The van der Waals surface area contributed by atoms with Crippen molar-refractivity contribution in [3.63, 3.8) is 0 Å². The van der Waals surface area contributed by atoms with Crippen molar-refractivity contribution in [2.24, 2.45) is 0 Å². The van der Waals surface area contributed by atoms with Gasteiger partial charge in [0.15, 0.2) is 0 Å². The molecular weight excluding hydrogens is 949 g/mol. The molecule has 0 aliphatic rings. The van der Waals surface area contributed by atoms with Crippen molar-refractivity contribution in [2.45, 2.75) is 134 Å². The van der Waals surface area contributed by atoms with Crippen molar-refractivity contribution in [3.05, 3.63) is 0 Å². The smallest absolute Gasteiger partial charge is 0.326 e. The first-order valence-electron chi connectivity index (χ1n) is 23.7. The second-order valence-corrected chi connectivity index (χ2v) is 16.0. The summed E-state index contributed by atoms with van der Waals surface area (Å²) in [5.74, 6) is -2.12. The van der Waals surface area contributed by atoms with E-state index in [1.54, 1.807) is 0 Å². The monoisotopic (exact) mass is 1030 g/mol. The van der Waals surface area contributed by atoms with E-state index < -0.39 is 18.0 Å². The maximum absolute atomic E-state index is 12.3. The van der Waals surface area contributed by atoms with Gasteiger partial charge in [-0.2, -0.15) is 0 Å². The number of hydrogen-bond acceptors (Lipinski definition) is 13. The number of carbonyl (C=O) groups excluding carboxylic acids is 3. The zero-order valence-corrected chi connectivity index (χ0v) is 40.9. The van der Waals surface area contributed by atoms with Gasteiger partial charge < -0.3 is 64.1 Å². The molecule has 0 bridgehead atoms. The maximum Gasteiger partial charge on any atom is 0.326 e. The fraction of sp³-hybridized carbons (Fsp3) is 0.889. The molecule has 1 unspecified atom stereocenters. The zero-order valence-electron chi connectivity index (χ0n) is 38.7. The number of carbonyl (C=O) groups is 5. The van der Waals surface area contributed by atoms with Crippen LogP contribution in [0.3, 0.4) is 0 Å². The lowest BCUT2D eigenvalue weighted by Gasteiger charge is -2.14. The fourth-order valence-corrected chi connectivity index (χ4v) is 6.38. The number of unbranched alkanes of at least 4 members (excludes halogenated alkanes) is 14. The molecule has 0 aromatic carbocycles. The van der Waals surface area contributed by atoms with Crippen LogP contribution in [0.15, 0.2) is 0 Å². The van der Waals surface area contributed by atoms with Crippen molar-refractivity contribution < 1.29 is 72.1 Å². The number of hydrogen-bond donors (Lipinski definition) is 5. The minimum atomic E-state index is -1.05. The third kappa shape index (κ3) is 49.2. The number of ether oxygens (including phenoxy) is 8. The number of alkyl halides is 1. The standard InChI is InChI=1S/C45H84IN3O15/c46-39-43(52)48-22-24-58-26-28-60-30-32-62-34-36-64-38-37-63-35-33-61-31-29-59-27-25-57-23-20-41(50)47-21-16-15-17-40(45(55)56)49-42(51)18-13-11-9-7-5-3-1-2-4-6-8-10-12-14-19-44(53)54/h40H,1-39H2,(H,47,50)(H,48,52)(H,49,51)(H,53,54)(H,55,56). The highest BCUT2D eigenvalue weighted by atomic mass is 127. The van der Waals surface area contributed by atoms with Gasteiger partial charge in [-0.05, 0) is 32.1 Å². The van der Waals surface area contributed by atoms with Crippen molar-refractivity contribution >= 4 is 52.3 Å². The van der Waals surface area contributed by atoms with Gasteiger partial charge in [-0.25, -0.2) is 4.79 Å². The largest absolute Gasteiger partial charge is 0.481 e. The average molecular weight is 1030 g/mol. The quantitative estimate of drug-likeness (QED) is 0.0298. The molecule has 0 aliphatic heterocycles. The van der Waals surface area contributed by atoms with E-state index in [-0.39, 0.29) is 37.2 Å². The fourth-order valence-electron chi connectivity index (χ4n) is 6.11. The molecule has 1 atom stereocenters. The third-order valence-electron chi connectivity index (χ3n) is 9.69. The summed E-state index contributed by atoms with van der Waals surface area (Å²) in [6, 6.07) is -0.930. The Morgan fingerprint density at radius 3 is 1.12 bits per heavy atom. The Morgan fingerprint density at radius 2 is 0.734 bits per heavy atom. The van der Waals surface area contributed by atoms with Crippen LogP contribution in [0.2, 0.25) is 0 Å². The average Bonchev–Trinajstić information content (AvgIpc) is 3.27. The second-order valence-electron chi connectivity index (χ2n) is 15.3. The number of amides is 3. The van der Waals surface area contributed by atoms with Crippen LogP contribution in [-0.4, -0.2) is 169 Å². The summed E-state index contributed by atoms with van der Waals surface area (Å²) in [7, 11) is 0. The molecule has 0 rings (SSSR count). The van der Waals surface area contributed by atoms with Gasteiger partial charge in [0, 0.05) is 32.4 Å². The van der Waals surface area contributed by atoms with Gasteiger partial charge in [0.2, 0.25) is 17.7 Å². The molecule has 0 aliphatic carbocycles. The van der Waals surface area contributed by atoms with E-state index >= 15 is 0 Å². The predicted octanol–water partition coefficient (Wildman–Crippen LogP) is 5.24. The van der Waals surface area contributed by atoms with E-state index in [4.69, 9.17) is 43.0 Å². The van der Waals surface area contributed by atoms with Crippen LogP contribution in [0, 0.1) is 0 Å². The molecule has 0 radical (unpaired) electrons. The van der Waals surface area contributed by atoms with Crippen LogP contribution in [0.5, 0.6) is 0 Å². The van der Waals surface area contributed by atoms with Crippen LogP contribution in [0.4, 0.5) is 0 Å². The van der Waals surface area contributed by atoms with Crippen LogP contribution in [0.1, 0.15) is 128 Å². The van der Waals surface area contributed by atoms with Crippen LogP contribution >= 0.6 is 22.6 Å². The van der Waals surface area contributed by atoms with Crippen molar-refractivity contribution in [1.29, 1.82) is 0 Å². The molecule has 3 amide bonds. The molecule has 0 spiro atoms. The molecular formula is C45H84IN3O15. The summed E-state index contributed by atoms with van der Waals surface area (Å²) in [5.41, 5.74) is 0. The second kappa shape index (κ2) is 50.2. The van der Waals surface area contributed by atoms with Crippen LogP contribution in [-0.2, 0) is 61.9 Å². The number of nitrogens with one attached hydrogen (secondary N) is 3. The summed E-state index contributed by atoms with van der Waals surface area (Å²) < 4.78 is 44.0. The highest BCUT2D eigenvalue weighted by molar-refractivity contribution is 14.1. The number of carboxylic acids is 2. The minimum Gasteiger partial charge on any atom is -0.481 e. The first kappa shape index (κ1) is 61.8. The summed E-state index contributed by atoms with van der Waals surface area (Å²) >= 11 is 2.01. The molecule has 0 saturated carbocycles. The lowest BCUT2D eigenvalue weighted by atomic mass is 10.0. The van der Waals surface area contributed by atoms with Crippen molar-refractivity contribution in [2.75, 3.05) is 123 Å². The molecule has 19 heteroatoms. The Balaban J connectivity index is 3.45. The topological polar surface area (TPSA) is 236 Å². The maximum atomic E-state index is 12.3. The molecule has 376 valence electrons. The lowest BCUT2D eigenvalue weighted by Crippen LogP contribution is -2.40. The van der Waals surface area contributed by atoms with E-state index in [1.165, 1.54) is 44.9 Å². The molecule has 0 saturated heterocycles. The zero-order chi connectivity index (χ0) is 46.8. The Labute approximate surface area is 396 Å². The SMILES string of the molecule is O=C(O)CCCCCCCCCCCCCCCCC(=O)NC(CCCCNC(=O)CCOCCOCCOCCOCCOCCOCCOCCOCCNC(=O)CI)C(=O)O. The van der Waals surface area contributed by atoms with Crippen LogP contribution in [0.25, 0.3) is 0 Å². The van der Waals surface area contributed by atoms with Crippen molar-refractivity contribution in [3.8, 4) is 0 Å². The summed E-state index contributed by atoms with van der Waals surface area (Å²) in [6.07, 6.45) is 17.7. The highest BCUT2D eigenvalue weighted by Gasteiger charge is 2.19. The molecule has 0 heterocycles.